The molecular formula is C19H19NO. The van der Waals surface area contributed by atoms with Crippen molar-refractivity contribution in [2.45, 2.75) is 19.3 Å². The number of hydrogen-bond donors (Lipinski definition) is 0. The highest BCUT2D eigenvalue weighted by Crippen LogP contribution is 2.24. The molecule has 0 aliphatic carbocycles. The van der Waals surface area contributed by atoms with Gasteiger partial charge in [0.05, 0.1) is 0 Å². The molecule has 0 aromatic heterocycles. The highest BCUT2D eigenvalue weighted by atomic mass is 16.1. The predicted octanol–water partition coefficient (Wildman–Crippen LogP) is 4.16. The fraction of sp³-hybridized carbons (Fsp3) is 0.263. The zero-order chi connectivity index (χ0) is 14.5. The maximum atomic E-state index is 12.3. The largest absolute Gasteiger partial charge is 0.294 e. The summed E-state index contributed by atoms with van der Waals surface area (Å²) in [5.41, 5.74) is 3.16. The smallest absolute Gasteiger partial charge is 0.163 e. The van der Waals surface area contributed by atoms with Crippen LogP contribution in [0.5, 0.6) is 0 Å². The molecule has 2 nitrogen and oxygen atoms in total. The Hall–Kier alpha value is -2.22. The van der Waals surface area contributed by atoms with Crippen molar-refractivity contribution >= 4 is 11.5 Å². The fourth-order valence-corrected chi connectivity index (χ4v) is 2.84. The molecule has 0 radical (unpaired) electrons. The molecule has 0 bridgehead atoms. The van der Waals surface area contributed by atoms with Crippen LogP contribution in [0.1, 0.15) is 35.2 Å². The van der Waals surface area contributed by atoms with E-state index in [0.717, 1.165) is 30.7 Å². The van der Waals surface area contributed by atoms with Crippen LogP contribution in [0.25, 0.3) is 0 Å². The Morgan fingerprint density at radius 2 is 1.67 bits per heavy atom. The maximum absolute atomic E-state index is 12.3. The van der Waals surface area contributed by atoms with E-state index in [0.29, 0.717) is 12.3 Å². The van der Waals surface area contributed by atoms with Gasteiger partial charge in [-0.25, -0.2) is 0 Å². The minimum absolute atomic E-state index is 0.245. The average Bonchev–Trinajstić information content (AvgIpc) is 2.57. The summed E-state index contributed by atoms with van der Waals surface area (Å²) in [7, 11) is 0. The molecule has 2 heteroatoms. The van der Waals surface area contributed by atoms with Gasteiger partial charge < -0.3 is 0 Å². The Balaban J connectivity index is 1.66. The van der Waals surface area contributed by atoms with Crippen LogP contribution >= 0.6 is 0 Å². The van der Waals surface area contributed by atoms with Crippen molar-refractivity contribution in [2.24, 2.45) is 10.9 Å². The Morgan fingerprint density at radius 1 is 1.00 bits per heavy atom. The Labute approximate surface area is 125 Å². The van der Waals surface area contributed by atoms with Gasteiger partial charge in [0.2, 0.25) is 0 Å². The van der Waals surface area contributed by atoms with Crippen LogP contribution in [0.3, 0.4) is 0 Å². The van der Waals surface area contributed by atoms with E-state index in [-0.39, 0.29) is 5.78 Å². The van der Waals surface area contributed by atoms with Gasteiger partial charge in [-0.05, 0) is 24.3 Å². The number of rotatable bonds is 4. The van der Waals surface area contributed by atoms with Gasteiger partial charge in [0, 0.05) is 24.2 Å². The Bertz CT molecular complexity index is 631. The van der Waals surface area contributed by atoms with Gasteiger partial charge in [0.25, 0.3) is 0 Å². The lowest BCUT2D eigenvalue weighted by atomic mass is 9.87. The number of carbonyl (C=O) groups is 1. The number of nitrogens with zero attached hydrogens (tertiary/aromatic N) is 1. The molecule has 1 unspecified atom stereocenters. The van der Waals surface area contributed by atoms with Crippen LogP contribution in [-0.4, -0.2) is 18.0 Å². The van der Waals surface area contributed by atoms with Crippen LogP contribution in [0.15, 0.2) is 65.7 Å². The first-order valence-electron chi connectivity index (χ1n) is 7.50. The average molecular weight is 277 g/mol. The number of Topliss-reactive ketones (excluding diaryl/α,β-unsaturated/α-hetero) is 1. The van der Waals surface area contributed by atoms with Crippen LogP contribution in [0.2, 0.25) is 0 Å². The number of hydrogen-bond acceptors (Lipinski definition) is 2. The third-order valence-corrected chi connectivity index (χ3v) is 4.00. The molecule has 2 aromatic carbocycles. The summed E-state index contributed by atoms with van der Waals surface area (Å²) >= 11 is 0. The van der Waals surface area contributed by atoms with Gasteiger partial charge >= 0.3 is 0 Å². The monoisotopic (exact) mass is 277 g/mol. The Morgan fingerprint density at radius 3 is 2.38 bits per heavy atom. The number of ketones is 1. The molecule has 3 rings (SSSR count). The molecule has 0 spiro atoms. The second kappa shape index (κ2) is 6.49. The zero-order valence-electron chi connectivity index (χ0n) is 12.0. The summed E-state index contributed by atoms with van der Waals surface area (Å²) in [5.74, 6) is 0.653. The predicted molar refractivity (Wildman–Crippen MR) is 86.0 cm³/mol. The molecule has 0 saturated carbocycles. The van der Waals surface area contributed by atoms with Gasteiger partial charge in [-0.15, -0.1) is 0 Å². The van der Waals surface area contributed by atoms with Gasteiger partial charge in [0.1, 0.15) is 0 Å². The van der Waals surface area contributed by atoms with Crippen LogP contribution in [-0.2, 0) is 0 Å². The van der Waals surface area contributed by atoms with Crippen molar-refractivity contribution in [3.8, 4) is 0 Å². The zero-order valence-corrected chi connectivity index (χ0v) is 12.0. The molecule has 1 aliphatic heterocycles. The van der Waals surface area contributed by atoms with Crippen molar-refractivity contribution in [1.82, 2.24) is 0 Å². The van der Waals surface area contributed by atoms with Crippen molar-refractivity contribution in [3.63, 3.8) is 0 Å². The summed E-state index contributed by atoms with van der Waals surface area (Å²) in [4.78, 5) is 17.0. The van der Waals surface area contributed by atoms with Gasteiger partial charge in [-0.1, -0.05) is 60.7 Å². The molecule has 1 atom stereocenters. The van der Waals surface area contributed by atoms with Crippen molar-refractivity contribution in [2.75, 3.05) is 6.54 Å². The third kappa shape index (κ3) is 3.46. The molecule has 21 heavy (non-hydrogen) atoms. The second-order valence-electron chi connectivity index (χ2n) is 5.55. The maximum Gasteiger partial charge on any atom is 0.163 e. The summed E-state index contributed by atoms with van der Waals surface area (Å²) in [5, 5.41) is 0. The lowest BCUT2D eigenvalue weighted by Gasteiger charge is -2.21. The van der Waals surface area contributed by atoms with E-state index in [4.69, 9.17) is 0 Å². The van der Waals surface area contributed by atoms with E-state index in [2.05, 4.69) is 17.1 Å². The normalized spacial score (nSPS) is 18.1. The standard InChI is InChI=1S/C19H19NO/c21-19(17-9-5-2-6-10-17)14-15-11-12-20-18(13-15)16-7-3-1-4-8-16/h1-10,15H,11-14H2. The van der Waals surface area contributed by atoms with Gasteiger partial charge in [0.15, 0.2) is 5.78 Å². The highest BCUT2D eigenvalue weighted by Gasteiger charge is 2.21. The first kappa shape index (κ1) is 13.7. The summed E-state index contributed by atoms with van der Waals surface area (Å²) in [6.07, 6.45) is 2.54. The first-order chi connectivity index (χ1) is 10.3. The van der Waals surface area contributed by atoms with E-state index < -0.39 is 0 Å². The minimum atomic E-state index is 0.245. The molecule has 2 aromatic rings. The molecule has 1 aliphatic rings. The fourth-order valence-electron chi connectivity index (χ4n) is 2.84. The summed E-state index contributed by atoms with van der Waals surface area (Å²) < 4.78 is 0. The second-order valence-corrected chi connectivity index (χ2v) is 5.55. The highest BCUT2D eigenvalue weighted by molar-refractivity contribution is 6.02. The molecule has 1 heterocycles. The third-order valence-electron chi connectivity index (χ3n) is 4.00. The topological polar surface area (TPSA) is 29.4 Å². The van der Waals surface area contributed by atoms with Gasteiger partial charge in [-0.2, -0.15) is 0 Å². The molecule has 106 valence electrons. The van der Waals surface area contributed by atoms with E-state index >= 15 is 0 Å². The molecule has 0 N–H and O–H groups in total. The quantitative estimate of drug-likeness (QED) is 0.772. The van der Waals surface area contributed by atoms with Gasteiger partial charge in [-0.3, -0.25) is 9.79 Å². The van der Waals surface area contributed by atoms with E-state index in [1.807, 2.05) is 48.5 Å². The minimum Gasteiger partial charge on any atom is -0.294 e. The van der Waals surface area contributed by atoms with Crippen molar-refractivity contribution < 1.29 is 4.79 Å². The summed E-state index contributed by atoms with van der Waals surface area (Å²) in [6, 6.07) is 19.9. The van der Waals surface area contributed by atoms with E-state index in [1.54, 1.807) is 0 Å². The van der Waals surface area contributed by atoms with Crippen molar-refractivity contribution in [1.29, 1.82) is 0 Å². The van der Waals surface area contributed by atoms with E-state index in [9.17, 15) is 4.79 Å². The first-order valence-corrected chi connectivity index (χ1v) is 7.50. The van der Waals surface area contributed by atoms with Crippen LogP contribution in [0.4, 0.5) is 0 Å². The lowest BCUT2D eigenvalue weighted by Crippen LogP contribution is -2.19. The lowest BCUT2D eigenvalue weighted by molar-refractivity contribution is 0.0960. The molecule has 0 saturated heterocycles. The summed E-state index contributed by atoms with van der Waals surface area (Å²) in [6.45, 7) is 0.830. The van der Waals surface area contributed by atoms with Crippen molar-refractivity contribution in [3.05, 3.63) is 71.8 Å². The van der Waals surface area contributed by atoms with E-state index in [1.165, 1.54) is 5.56 Å². The van der Waals surface area contributed by atoms with Crippen LogP contribution < -0.4 is 0 Å². The number of carbonyl (C=O) groups excluding carboxylic acids is 1. The van der Waals surface area contributed by atoms with Crippen LogP contribution in [0, 0.1) is 5.92 Å². The SMILES string of the molecule is O=C(CC1CCN=C(c2ccccc2)C1)c1ccccc1. The number of benzene rings is 2. The Kier molecular flexibility index (Phi) is 4.25. The molecule has 0 amide bonds. The molecular weight excluding hydrogens is 258 g/mol. The molecule has 0 fully saturated rings. The number of aliphatic imine (C=N–C) groups is 1.